The van der Waals surface area contributed by atoms with Crippen molar-refractivity contribution in [1.29, 1.82) is 0 Å². The highest BCUT2D eigenvalue weighted by atomic mass is 16.5. The molecule has 0 aromatic heterocycles. The molecular formula is C19H24N4O5. The number of amides is 4. The number of ether oxygens (including phenoxy) is 1. The number of benzene rings is 1. The van der Waals surface area contributed by atoms with Crippen molar-refractivity contribution in [1.82, 2.24) is 15.5 Å². The van der Waals surface area contributed by atoms with Gasteiger partial charge in [-0.1, -0.05) is 19.4 Å². The summed E-state index contributed by atoms with van der Waals surface area (Å²) in [5.74, 6) is -1.01. The molecule has 1 fully saturated rings. The van der Waals surface area contributed by atoms with E-state index in [0.717, 1.165) is 6.42 Å². The van der Waals surface area contributed by atoms with Crippen molar-refractivity contribution in [2.45, 2.75) is 51.4 Å². The molecule has 2 heterocycles. The summed E-state index contributed by atoms with van der Waals surface area (Å²) in [5, 5.41) is 4.92. The Morgan fingerprint density at radius 3 is 2.89 bits per heavy atom. The van der Waals surface area contributed by atoms with E-state index in [2.05, 4.69) is 10.6 Å². The second-order valence-electron chi connectivity index (χ2n) is 6.93. The maximum absolute atomic E-state index is 12.7. The fourth-order valence-corrected chi connectivity index (χ4v) is 3.47. The van der Waals surface area contributed by atoms with Crippen molar-refractivity contribution in [2.24, 2.45) is 5.73 Å². The molecule has 2 atom stereocenters. The summed E-state index contributed by atoms with van der Waals surface area (Å²) in [6.45, 7) is 1.94. The number of imide groups is 1. The van der Waals surface area contributed by atoms with Crippen LogP contribution in [0.25, 0.3) is 0 Å². The van der Waals surface area contributed by atoms with Crippen LogP contribution in [0.1, 0.15) is 48.5 Å². The second-order valence-corrected chi connectivity index (χ2v) is 6.93. The summed E-state index contributed by atoms with van der Waals surface area (Å²) < 4.78 is 5.62. The van der Waals surface area contributed by atoms with Gasteiger partial charge in [-0.15, -0.1) is 0 Å². The number of fused-ring (bicyclic) bond motifs is 1. The summed E-state index contributed by atoms with van der Waals surface area (Å²) in [7, 11) is 0. The molecule has 2 unspecified atom stereocenters. The van der Waals surface area contributed by atoms with Crippen molar-refractivity contribution in [3.8, 4) is 5.75 Å². The van der Waals surface area contributed by atoms with Crippen LogP contribution in [0.3, 0.4) is 0 Å². The molecule has 3 rings (SSSR count). The van der Waals surface area contributed by atoms with E-state index in [9.17, 15) is 19.2 Å². The molecule has 1 saturated heterocycles. The maximum atomic E-state index is 12.7. The van der Waals surface area contributed by atoms with Gasteiger partial charge in [0.2, 0.25) is 11.8 Å². The van der Waals surface area contributed by atoms with Crippen molar-refractivity contribution in [3.63, 3.8) is 0 Å². The van der Waals surface area contributed by atoms with Crippen LogP contribution < -0.4 is 21.1 Å². The summed E-state index contributed by atoms with van der Waals surface area (Å²) in [6.07, 6.45) is 1.58. The van der Waals surface area contributed by atoms with Crippen LogP contribution in [0.5, 0.6) is 5.75 Å². The van der Waals surface area contributed by atoms with Gasteiger partial charge in [-0.25, -0.2) is 0 Å². The van der Waals surface area contributed by atoms with Crippen LogP contribution in [0.15, 0.2) is 18.2 Å². The van der Waals surface area contributed by atoms with E-state index in [0.29, 0.717) is 23.3 Å². The molecule has 2 aliphatic heterocycles. The highest BCUT2D eigenvalue weighted by Gasteiger charge is 2.40. The molecule has 150 valence electrons. The van der Waals surface area contributed by atoms with Gasteiger partial charge in [0.05, 0.1) is 12.7 Å². The number of hydrogen-bond donors (Lipinski definition) is 3. The number of hydrogen-bond acceptors (Lipinski definition) is 6. The van der Waals surface area contributed by atoms with Gasteiger partial charge in [0.15, 0.2) is 6.61 Å². The number of carbonyl (C=O) groups is 4. The van der Waals surface area contributed by atoms with Gasteiger partial charge in [0.1, 0.15) is 11.8 Å². The van der Waals surface area contributed by atoms with E-state index in [1.54, 1.807) is 18.2 Å². The Balaban J connectivity index is 1.68. The molecule has 28 heavy (non-hydrogen) atoms. The molecular weight excluding hydrogens is 364 g/mol. The zero-order valence-corrected chi connectivity index (χ0v) is 15.7. The zero-order chi connectivity index (χ0) is 20.3. The van der Waals surface area contributed by atoms with Gasteiger partial charge in [0, 0.05) is 17.5 Å². The molecule has 9 nitrogen and oxygen atoms in total. The Bertz CT molecular complexity index is 810. The van der Waals surface area contributed by atoms with E-state index >= 15 is 0 Å². The maximum Gasteiger partial charge on any atom is 0.259 e. The van der Waals surface area contributed by atoms with E-state index in [1.165, 1.54) is 4.90 Å². The van der Waals surface area contributed by atoms with Gasteiger partial charge in [-0.05, 0) is 25.0 Å². The van der Waals surface area contributed by atoms with Crippen LogP contribution in [0.4, 0.5) is 0 Å². The van der Waals surface area contributed by atoms with E-state index in [4.69, 9.17) is 10.5 Å². The van der Waals surface area contributed by atoms with Crippen LogP contribution in [0.2, 0.25) is 0 Å². The SMILES string of the molecule is CCCC(N)NC(=O)COc1cccc2c1CN(C1CCC(=O)NC1=O)C2=O. The smallest absolute Gasteiger partial charge is 0.259 e. The first-order valence-corrected chi connectivity index (χ1v) is 9.35. The van der Waals surface area contributed by atoms with Crippen molar-refractivity contribution in [3.05, 3.63) is 29.3 Å². The lowest BCUT2D eigenvalue weighted by molar-refractivity contribution is -0.137. The van der Waals surface area contributed by atoms with Gasteiger partial charge >= 0.3 is 0 Å². The molecule has 1 aromatic carbocycles. The fraction of sp³-hybridized carbons (Fsp3) is 0.474. The lowest BCUT2D eigenvalue weighted by atomic mass is 10.0. The highest BCUT2D eigenvalue weighted by molar-refractivity contribution is 6.05. The Labute approximate surface area is 162 Å². The van der Waals surface area contributed by atoms with Gasteiger partial charge < -0.3 is 20.7 Å². The molecule has 2 aliphatic rings. The third kappa shape index (κ3) is 4.14. The van der Waals surface area contributed by atoms with Crippen LogP contribution in [-0.2, 0) is 20.9 Å². The molecule has 0 spiro atoms. The first-order chi connectivity index (χ1) is 13.4. The minimum Gasteiger partial charge on any atom is -0.483 e. The van der Waals surface area contributed by atoms with Crippen LogP contribution in [-0.4, -0.2) is 47.3 Å². The van der Waals surface area contributed by atoms with Crippen LogP contribution in [0, 0.1) is 0 Å². The predicted molar refractivity (Wildman–Crippen MR) is 99.0 cm³/mol. The Kier molecular flexibility index (Phi) is 5.93. The topological polar surface area (TPSA) is 131 Å². The lowest BCUT2D eigenvalue weighted by Gasteiger charge is -2.29. The number of piperidine rings is 1. The fourth-order valence-electron chi connectivity index (χ4n) is 3.47. The molecule has 9 heteroatoms. The number of rotatable bonds is 7. The average molecular weight is 388 g/mol. The van der Waals surface area contributed by atoms with Crippen molar-refractivity contribution in [2.75, 3.05) is 6.61 Å². The van der Waals surface area contributed by atoms with Gasteiger partial charge in [-0.3, -0.25) is 24.5 Å². The molecule has 1 aromatic rings. The zero-order valence-electron chi connectivity index (χ0n) is 15.7. The predicted octanol–water partition coefficient (Wildman–Crippen LogP) is 0.0275. The molecule has 0 aliphatic carbocycles. The largest absolute Gasteiger partial charge is 0.483 e. The third-order valence-electron chi connectivity index (χ3n) is 4.84. The first-order valence-electron chi connectivity index (χ1n) is 9.35. The normalized spacial score (nSPS) is 19.9. The van der Waals surface area contributed by atoms with Crippen LogP contribution >= 0.6 is 0 Å². The van der Waals surface area contributed by atoms with E-state index in [1.807, 2.05) is 6.92 Å². The Morgan fingerprint density at radius 1 is 1.39 bits per heavy atom. The minimum absolute atomic E-state index is 0.188. The highest BCUT2D eigenvalue weighted by Crippen LogP contribution is 2.33. The quantitative estimate of drug-likeness (QED) is 0.446. The Morgan fingerprint density at radius 2 is 2.18 bits per heavy atom. The monoisotopic (exact) mass is 388 g/mol. The molecule has 0 radical (unpaired) electrons. The molecule has 0 saturated carbocycles. The van der Waals surface area contributed by atoms with E-state index in [-0.39, 0.29) is 43.7 Å². The molecule has 4 amide bonds. The molecule has 0 bridgehead atoms. The van der Waals surface area contributed by atoms with Gasteiger partial charge in [-0.2, -0.15) is 0 Å². The summed E-state index contributed by atoms with van der Waals surface area (Å²) >= 11 is 0. The summed E-state index contributed by atoms with van der Waals surface area (Å²) in [6, 6.07) is 4.31. The van der Waals surface area contributed by atoms with E-state index < -0.39 is 18.1 Å². The lowest BCUT2D eigenvalue weighted by Crippen LogP contribution is -2.52. The Hall–Kier alpha value is -2.94. The number of nitrogens with two attached hydrogens (primary N) is 1. The number of nitrogens with zero attached hydrogens (tertiary/aromatic N) is 1. The average Bonchev–Trinajstić information content (AvgIpc) is 2.97. The second kappa shape index (κ2) is 8.39. The summed E-state index contributed by atoms with van der Waals surface area (Å²) in [5.41, 5.74) is 6.85. The minimum atomic E-state index is -0.694. The number of nitrogens with one attached hydrogen (secondary N) is 2. The third-order valence-corrected chi connectivity index (χ3v) is 4.84. The summed E-state index contributed by atoms with van der Waals surface area (Å²) in [4.78, 5) is 49.6. The first kappa shape index (κ1) is 19.8. The van der Waals surface area contributed by atoms with Crippen molar-refractivity contribution < 1.29 is 23.9 Å². The van der Waals surface area contributed by atoms with Crippen molar-refractivity contribution >= 4 is 23.6 Å². The van der Waals surface area contributed by atoms with Gasteiger partial charge in [0.25, 0.3) is 11.8 Å². The number of carbonyl (C=O) groups excluding carboxylic acids is 4. The standard InChI is InChI=1S/C19H24N4O5/c1-2-4-15(20)21-17(25)10-28-14-6-3-5-11-12(14)9-23(19(11)27)13-7-8-16(24)22-18(13)26/h3,5-6,13,15H,2,4,7-10,20H2,1H3,(H,21,25)(H,22,24,26). The molecule has 4 N–H and O–H groups in total.